The van der Waals surface area contributed by atoms with Crippen molar-refractivity contribution >= 4 is 22.0 Å². The molecule has 1 heterocycles. The molecule has 0 bridgehead atoms. The largest absolute Gasteiger partial charge is 0.343 e. The van der Waals surface area contributed by atoms with Gasteiger partial charge < -0.3 is 10.2 Å². The van der Waals surface area contributed by atoms with Crippen LogP contribution in [0.4, 0.5) is 0 Å². The highest BCUT2D eigenvalue weighted by Crippen LogP contribution is 2.25. The predicted octanol–water partition coefficient (Wildman–Crippen LogP) is -0.0579. The summed E-state index contributed by atoms with van der Waals surface area (Å²) in [5, 5.41) is 2.44. The fraction of sp³-hybridized carbons (Fsp3) is 0.750. The van der Waals surface area contributed by atoms with Crippen molar-refractivity contribution in [2.45, 2.75) is 38.1 Å². The number of hydrogen-bond donors (Lipinski definition) is 1. The Labute approximate surface area is 150 Å². The summed E-state index contributed by atoms with van der Waals surface area (Å²) in [5.74, 6) is -0.614. The van der Waals surface area contributed by atoms with Gasteiger partial charge in [-0.15, -0.1) is 0 Å². The average Bonchev–Trinajstić information content (AvgIpc) is 2.65. The van der Waals surface area contributed by atoms with E-state index in [-0.39, 0.29) is 31.6 Å². The van der Waals surface area contributed by atoms with Crippen LogP contribution in [0.25, 0.3) is 0 Å². The van der Waals surface area contributed by atoms with Gasteiger partial charge >= 0.3 is 0 Å². The first-order chi connectivity index (χ1) is 11.9. The van der Waals surface area contributed by atoms with E-state index < -0.39 is 16.1 Å². The van der Waals surface area contributed by atoms with Crippen molar-refractivity contribution in [3.05, 3.63) is 12.7 Å². The summed E-state index contributed by atoms with van der Waals surface area (Å²) in [6, 6.07) is 0.0764. The van der Waals surface area contributed by atoms with Crippen LogP contribution < -0.4 is 5.32 Å². The second-order valence-electron chi connectivity index (χ2n) is 6.52. The van der Waals surface area contributed by atoms with Crippen molar-refractivity contribution in [2.24, 2.45) is 0 Å². The lowest BCUT2D eigenvalue weighted by molar-refractivity contribution is -0.133. The molecule has 142 valence electrons. The van der Waals surface area contributed by atoms with E-state index >= 15 is 0 Å². The van der Waals surface area contributed by atoms with E-state index in [1.165, 1.54) is 15.0 Å². The number of nitrogens with zero attached hydrogens (tertiary/aromatic N) is 3. The van der Waals surface area contributed by atoms with Gasteiger partial charge in [0.15, 0.2) is 0 Å². The zero-order chi connectivity index (χ0) is 18.4. The van der Waals surface area contributed by atoms with Gasteiger partial charge in [-0.3, -0.25) is 9.59 Å². The van der Waals surface area contributed by atoms with E-state index in [2.05, 4.69) is 11.9 Å². The van der Waals surface area contributed by atoms with Gasteiger partial charge in [0, 0.05) is 39.3 Å². The van der Waals surface area contributed by atoms with E-state index in [1.807, 2.05) is 0 Å². The molecular formula is C16H28N4O4S. The maximum atomic E-state index is 12.8. The fourth-order valence-corrected chi connectivity index (χ4v) is 4.91. The maximum Gasteiger partial charge on any atom is 0.282 e. The van der Waals surface area contributed by atoms with Gasteiger partial charge in [-0.05, 0) is 18.9 Å². The Balaban J connectivity index is 1.86. The molecule has 2 aliphatic rings. The van der Waals surface area contributed by atoms with E-state index in [0.29, 0.717) is 13.1 Å². The van der Waals surface area contributed by atoms with Crippen LogP contribution in [-0.4, -0.2) is 79.6 Å². The second-order valence-corrected chi connectivity index (χ2v) is 8.51. The van der Waals surface area contributed by atoms with Gasteiger partial charge in [-0.1, -0.05) is 25.8 Å². The molecule has 9 heteroatoms. The standard InChI is InChI=1S/C16H28N4O4S/c1-3-15(21)17-13-16(22)19-9-11-20(12-10-19)25(23,24)18(2)14-7-5-4-6-8-14/h3,14H,1,4-13H2,2H3,(H,17,21). The number of carbonyl (C=O) groups excluding carboxylic acids is 2. The molecule has 0 unspecified atom stereocenters. The van der Waals surface area contributed by atoms with Gasteiger partial charge in [0.1, 0.15) is 0 Å². The molecule has 0 atom stereocenters. The Bertz CT molecular complexity index is 593. The lowest BCUT2D eigenvalue weighted by Crippen LogP contribution is -2.56. The van der Waals surface area contributed by atoms with Crippen LogP contribution in [0.3, 0.4) is 0 Å². The SMILES string of the molecule is C=CC(=O)NCC(=O)N1CCN(S(=O)(=O)N(C)C2CCCCC2)CC1. The molecule has 8 nitrogen and oxygen atoms in total. The number of nitrogens with one attached hydrogen (secondary N) is 1. The molecule has 2 fully saturated rings. The molecule has 0 aromatic heterocycles. The maximum absolute atomic E-state index is 12.8. The van der Waals surface area contributed by atoms with Crippen LogP contribution in [0, 0.1) is 0 Å². The minimum absolute atomic E-state index is 0.0764. The molecule has 1 saturated carbocycles. The Morgan fingerprint density at radius 1 is 1.16 bits per heavy atom. The molecule has 1 N–H and O–H groups in total. The van der Waals surface area contributed by atoms with Crippen LogP contribution in [0.15, 0.2) is 12.7 Å². The Kier molecular flexibility index (Phi) is 6.97. The number of piperazine rings is 1. The van der Waals surface area contributed by atoms with Crippen molar-refractivity contribution in [2.75, 3.05) is 39.8 Å². The van der Waals surface area contributed by atoms with Crippen molar-refractivity contribution in [1.29, 1.82) is 0 Å². The third-order valence-electron chi connectivity index (χ3n) is 4.97. The van der Waals surface area contributed by atoms with Gasteiger partial charge in [0.2, 0.25) is 11.8 Å². The summed E-state index contributed by atoms with van der Waals surface area (Å²) in [6.07, 6.45) is 6.26. The zero-order valence-electron chi connectivity index (χ0n) is 14.8. The van der Waals surface area contributed by atoms with Crippen molar-refractivity contribution in [3.8, 4) is 0 Å². The molecule has 2 rings (SSSR count). The predicted molar refractivity (Wildman–Crippen MR) is 94.9 cm³/mol. The molecule has 0 aromatic carbocycles. The van der Waals surface area contributed by atoms with Crippen molar-refractivity contribution < 1.29 is 18.0 Å². The minimum Gasteiger partial charge on any atom is -0.343 e. The van der Waals surface area contributed by atoms with Gasteiger partial charge in [-0.2, -0.15) is 17.0 Å². The summed E-state index contributed by atoms with van der Waals surface area (Å²) in [4.78, 5) is 24.7. The van der Waals surface area contributed by atoms with Gasteiger partial charge in [-0.25, -0.2) is 0 Å². The average molecular weight is 372 g/mol. The summed E-state index contributed by atoms with van der Waals surface area (Å²) >= 11 is 0. The summed E-state index contributed by atoms with van der Waals surface area (Å²) < 4.78 is 28.6. The summed E-state index contributed by atoms with van der Waals surface area (Å²) in [5.41, 5.74) is 0. The normalized spacial score (nSPS) is 20.5. The van der Waals surface area contributed by atoms with Crippen LogP contribution in [0.5, 0.6) is 0 Å². The lowest BCUT2D eigenvalue weighted by Gasteiger charge is -2.38. The topological polar surface area (TPSA) is 90.0 Å². The second kappa shape index (κ2) is 8.77. The monoisotopic (exact) mass is 372 g/mol. The minimum atomic E-state index is -3.49. The molecule has 1 aliphatic carbocycles. The molecule has 0 spiro atoms. The smallest absolute Gasteiger partial charge is 0.282 e. The number of amides is 2. The van der Waals surface area contributed by atoms with E-state index in [4.69, 9.17) is 0 Å². The molecular weight excluding hydrogens is 344 g/mol. The van der Waals surface area contributed by atoms with Gasteiger partial charge in [0.25, 0.3) is 10.2 Å². The third kappa shape index (κ3) is 5.02. The first kappa shape index (κ1) is 19.9. The van der Waals surface area contributed by atoms with Crippen molar-refractivity contribution in [3.63, 3.8) is 0 Å². The first-order valence-corrected chi connectivity index (χ1v) is 10.2. The lowest BCUT2D eigenvalue weighted by atomic mass is 9.96. The molecule has 2 amide bonds. The summed E-state index contributed by atoms with van der Waals surface area (Å²) in [7, 11) is -1.83. The molecule has 25 heavy (non-hydrogen) atoms. The quantitative estimate of drug-likeness (QED) is 0.662. The summed E-state index contributed by atoms with van der Waals surface area (Å²) in [6.45, 7) is 4.45. The zero-order valence-corrected chi connectivity index (χ0v) is 15.6. The highest BCUT2D eigenvalue weighted by atomic mass is 32.2. The highest BCUT2D eigenvalue weighted by molar-refractivity contribution is 7.86. The Morgan fingerprint density at radius 2 is 1.76 bits per heavy atom. The third-order valence-corrected chi connectivity index (χ3v) is 7.01. The molecule has 1 saturated heterocycles. The molecule has 0 radical (unpaired) electrons. The van der Waals surface area contributed by atoms with Gasteiger partial charge in [0.05, 0.1) is 6.54 Å². The number of rotatable bonds is 6. The van der Waals surface area contributed by atoms with E-state index in [0.717, 1.165) is 31.8 Å². The molecule has 1 aliphatic heterocycles. The number of carbonyl (C=O) groups is 2. The van der Waals surface area contributed by atoms with Crippen LogP contribution in [0.1, 0.15) is 32.1 Å². The van der Waals surface area contributed by atoms with Crippen LogP contribution >= 0.6 is 0 Å². The fourth-order valence-electron chi connectivity index (χ4n) is 3.33. The van der Waals surface area contributed by atoms with Crippen LogP contribution in [-0.2, 0) is 19.8 Å². The first-order valence-electron chi connectivity index (χ1n) is 8.77. The molecule has 0 aromatic rings. The highest BCUT2D eigenvalue weighted by Gasteiger charge is 2.35. The Hall–Kier alpha value is -1.45. The van der Waals surface area contributed by atoms with E-state index in [9.17, 15) is 18.0 Å². The Morgan fingerprint density at radius 3 is 2.32 bits per heavy atom. The van der Waals surface area contributed by atoms with Crippen LogP contribution in [0.2, 0.25) is 0 Å². The van der Waals surface area contributed by atoms with E-state index in [1.54, 1.807) is 11.9 Å². The van der Waals surface area contributed by atoms with Crippen molar-refractivity contribution in [1.82, 2.24) is 18.8 Å². The number of hydrogen-bond acceptors (Lipinski definition) is 4.